The van der Waals surface area contributed by atoms with Gasteiger partial charge in [0.15, 0.2) is 0 Å². The molecule has 1 unspecified atom stereocenters. The molecule has 1 amide bonds. The average Bonchev–Trinajstić information content (AvgIpc) is 2.34. The van der Waals surface area contributed by atoms with Gasteiger partial charge >= 0.3 is 0 Å². The number of carbonyl (C=O) groups excluding carboxylic acids is 1. The molecule has 0 aromatic rings. The van der Waals surface area contributed by atoms with Crippen LogP contribution in [0.15, 0.2) is 11.5 Å². The number of hydrogen-bond acceptors (Lipinski definition) is 5. The van der Waals surface area contributed by atoms with E-state index >= 15 is 0 Å². The van der Waals surface area contributed by atoms with E-state index in [-0.39, 0.29) is 18.9 Å². The SMILES string of the molecule is CC1=C(C(=O)NCC(C)(O)CCCO)OCCO1. The molecule has 0 fully saturated rings. The molecular formula is C12H21NO5. The predicted molar refractivity (Wildman–Crippen MR) is 64.6 cm³/mol. The second kappa shape index (κ2) is 6.61. The first-order valence-corrected chi connectivity index (χ1v) is 6.04. The Hall–Kier alpha value is -1.27. The Morgan fingerprint density at radius 3 is 2.72 bits per heavy atom. The molecule has 6 heteroatoms. The summed E-state index contributed by atoms with van der Waals surface area (Å²) in [4.78, 5) is 11.8. The smallest absolute Gasteiger partial charge is 0.290 e. The highest BCUT2D eigenvalue weighted by Crippen LogP contribution is 2.14. The second-order valence-electron chi connectivity index (χ2n) is 4.59. The van der Waals surface area contributed by atoms with Crippen LogP contribution in [-0.4, -0.2) is 48.1 Å². The highest BCUT2D eigenvalue weighted by Gasteiger charge is 2.24. The van der Waals surface area contributed by atoms with Crippen LogP contribution in [0.3, 0.4) is 0 Å². The molecule has 0 aromatic heterocycles. The van der Waals surface area contributed by atoms with Gasteiger partial charge in [0.2, 0.25) is 5.76 Å². The maximum absolute atomic E-state index is 11.8. The van der Waals surface area contributed by atoms with Gasteiger partial charge in [-0.05, 0) is 26.7 Å². The van der Waals surface area contributed by atoms with Crippen molar-refractivity contribution in [2.75, 3.05) is 26.4 Å². The molecule has 18 heavy (non-hydrogen) atoms. The lowest BCUT2D eigenvalue weighted by Crippen LogP contribution is -2.42. The van der Waals surface area contributed by atoms with Crippen molar-refractivity contribution in [3.05, 3.63) is 11.5 Å². The molecule has 0 aliphatic carbocycles. The molecule has 0 spiro atoms. The number of ether oxygens (including phenoxy) is 2. The standard InChI is InChI=1S/C12H21NO5/c1-9-10(18-7-6-17-9)11(15)13-8-12(2,16)4-3-5-14/h14,16H,3-8H2,1-2H3,(H,13,15). The fourth-order valence-electron chi connectivity index (χ4n) is 1.63. The van der Waals surface area contributed by atoms with Gasteiger partial charge in [-0.25, -0.2) is 0 Å². The van der Waals surface area contributed by atoms with Crippen LogP contribution in [0, 0.1) is 0 Å². The molecule has 1 aliphatic rings. The lowest BCUT2D eigenvalue weighted by atomic mass is 10.0. The van der Waals surface area contributed by atoms with E-state index in [0.29, 0.717) is 31.8 Å². The van der Waals surface area contributed by atoms with Gasteiger partial charge in [-0.15, -0.1) is 0 Å². The fraction of sp³-hybridized carbons (Fsp3) is 0.750. The van der Waals surface area contributed by atoms with Crippen molar-refractivity contribution < 1.29 is 24.5 Å². The highest BCUT2D eigenvalue weighted by atomic mass is 16.6. The fourth-order valence-corrected chi connectivity index (χ4v) is 1.63. The summed E-state index contributed by atoms with van der Waals surface area (Å²) in [5.41, 5.74) is -1.04. The van der Waals surface area contributed by atoms with Crippen LogP contribution in [0.5, 0.6) is 0 Å². The van der Waals surface area contributed by atoms with Gasteiger partial charge in [-0.3, -0.25) is 4.79 Å². The molecule has 0 radical (unpaired) electrons. The number of nitrogens with one attached hydrogen (secondary N) is 1. The van der Waals surface area contributed by atoms with Crippen LogP contribution in [0.4, 0.5) is 0 Å². The Morgan fingerprint density at radius 1 is 1.44 bits per heavy atom. The minimum atomic E-state index is -1.04. The van der Waals surface area contributed by atoms with Crippen molar-refractivity contribution in [1.82, 2.24) is 5.32 Å². The first-order valence-electron chi connectivity index (χ1n) is 6.04. The first-order chi connectivity index (χ1) is 8.46. The Labute approximate surface area is 107 Å². The van der Waals surface area contributed by atoms with Gasteiger partial charge in [-0.2, -0.15) is 0 Å². The summed E-state index contributed by atoms with van der Waals surface area (Å²) >= 11 is 0. The predicted octanol–water partition coefficient (Wildman–Crippen LogP) is -0.0956. The zero-order valence-electron chi connectivity index (χ0n) is 10.9. The van der Waals surface area contributed by atoms with E-state index in [0.717, 1.165) is 0 Å². The summed E-state index contributed by atoms with van der Waals surface area (Å²) in [7, 11) is 0. The minimum Gasteiger partial charge on any atom is -0.491 e. The molecule has 3 N–H and O–H groups in total. The van der Waals surface area contributed by atoms with Crippen molar-refractivity contribution in [2.45, 2.75) is 32.3 Å². The van der Waals surface area contributed by atoms with E-state index in [4.69, 9.17) is 14.6 Å². The maximum atomic E-state index is 11.8. The Morgan fingerprint density at radius 2 is 2.11 bits per heavy atom. The largest absolute Gasteiger partial charge is 0.491 e. The summed E-state index contributed by atoms with van der Waals surface area (Å²) in [5, 5.41) is 21.2. The minimum absolute atomic E-state index is 0.0192. The number of rotatable bonds is 6. The van der Waals surface area contributed by atoms with Crippen LogP contribution < -0.4 is 5.32 Å². The molecule has 1 atom stereocenters. The number of aliphatic hydroxyl groups is 2. The van der Waals surface area contributed by atoms with E-state index in [1.54, 1.807) is 13.8 Å². The number of aliphatic hydroxyl groups excluding tert-OH is 1. The van der Waals surface area contributed by atoms with Crippen LogP contribution in [0.1, 0.15) is 26.7 Å². The number of amides is 1. The quantitative estimate of drug-likeness (QED) is 0.620. The Bertz CT molecular complexity index is 324. The van der Waals surface area contributed by atoms with Crippen molar-refractivity contribution in [3.63, 3.8) is 0 Å². The average molecular weight is 259 g/mol. The first kappa shape index (κ1) is 14.8. The summed E-state index contributed by atoms with van der Waals surface area (Å²) in [6.07, 6.45) is 0.906. The van der Waals surface area contributed by atoms with Gasteiger partial charge in [0.05, 0.1) is 5.60 Å². The molecule has 0 saturated carbocycles. The molecular weight excluding hydrogens is 238 g/mol. The Balaban J connectivity index is 2.45. The topological polar surface area (TPSA) is 88.0 Å². The molecule has 1 rings (SSSR count). The van der Waals surface area contributed by atoms with Crippen LogP contribution in [0.25, 0.3) is 0 Å². The van der Waals surface area contributed by atoms with Gasteiger partial charge < -0.3 is 25.0 Å². The van der Waals surface area contributed by atoms with Gasteiger partial charge in [0.25, 0.3) is 5.91 Å². The zero-order valence-corrected chi connectivity index (χ0v) is 10.9. The molecule has 0 saturated heterocycles. The summed E-state index contributed by atoms with van der Waals surface area (Å²) < 4.78 is 10.4. The van der Waals surface area contributed by atoms with Crippen LogP contribution in [0.2, 0.25) is 0 Å². The van der Waals surface area contributed by atoms with Gasteiger partial charge in [0.1, 0.15) is 19.0 Å². The molecule has 104 valence electrons. The van der Waals surface area contributed by atoms with Crippen LogP contribution in [-0.2, 0) is 14.3 Å². The van der Waals surface area contributed by atoms with Crippen LogP contribution >= 0.6 is 0 Å². The molecule has 0 bridgehead atoms. The lowest BCUT2D eigenvalue weighted by molar-refractivity contribution is -0.123. The normalized spacial score (nSPS) is 18.7. The van der Waals surface area contributed by atoms with Gasteiger partial charge in [-0.1, -0.05) is 0 Å². The monoisotopic (exact) mass is 259 g/mol. The molecule has 1 heterocycles. The van der Waals surface area contributed by atoms with E-state index in [2.05, 4.69) is 5.32 Å². The number of hydrogen-bond donors (Lipinski definition) is 3. The number of carbonyl (C=O) groups is 1. The third-order valence-corrected chi connectivity index (χ3v) is 2.68. The number of allylic oxidation sites excluding steroid dienone is 1. The molecule has 0 aromatic carbocycles. The highest BCUT2D eigenvalue weighted by molar-refractivity contribution is 5.91. The third-order valence-electron chi connectivity index (χ3n) is 2.68. The Kier molecular flexibility index (Phi) is 5.43. The van der Waals surface area contributed by atoms with Gasteiger partial charge in [0, 0.05) is 13.2 Å². The van der Waals surface area contributed by atoms with Crippen molar-refractivity contribution in [2.24, 2.45) is 0 Å². The van der Waals surface area contributed by atoms with E-state index in [9.17, 15) is 9.90 Å². The van der Waals surface area contributed by atoms with E-state index in [1.165, 1.54) is 0 Å². The van der Waals surface area contributed by atoms with E-state index in [1.807, 2.05) is 0 Å². The third kappa shape index (κ3) is 4.54. The maximum Gasteiger partial charge on any atom is 0.290 e. The zero-order chi connectivity index (χ0) is 13.6. The molecule has 6 nitrogen and oxygen atoms in total. The summed E-state index contributed by atoms with van der Waals surface area (Å²) in [6.45, 7) is 4.19. The second-order valence-corrected chi connectivity index (χ2v) is 4.59. The molecule has 1 aliphatic heterocycles. The van der Waals surface area contributed by atoms with E-state index < -0.39 is 11.5 Å². The summed E-state index contributed by atoms with van der Waals surface area (Å²) in [5.74, 6) is 0.226. The van der Waals surface area contributed by atoms with Crippen molar-refractivity contribution >= 4 is 5.91 Å². The van der Waals surface area contributed by atoms with Crippen molar-refractivity contribution in [1.29, 1.82) is 0 Å². The summed E-state index contributed by atoms with van der Waals surface area (Å²) in [6, 6.07) is 0. The van der Waals surface area contributed by atoms with Crippen molar-refractivity contribution in [3.8, 4) is 0 Å². The lowest BCUT2D eigenvalue weighted by Gasteiger charge is -2.24.